The fourth-order valence-corrected chi connectivity index (χ4v) is 5.26. The van der Waals surface area contributed by atoms with Crippen LogP contribution in [0.25, 0.3) is 16.6 Å². The van der Waals surface area contributed by atoms with Crippen molar-refractivity contribution in [2.75, 3.05) is 11.9 Å². The molecule has 4 rings (SSSR count). The number of nitrogens with zero attached hydrogens (tertiary/aromatic N) is 4. The van der Waals surface area contributed by atoms with Crippen LogP contribution in [-0.4, -0.2) is 43.3 Å². The van der Waals surface area contributed by atoms with E-state index in [1.165, 1.54) is 11.8 Å². The number of hydrogen-bond donors (Lipinski definition) is 1. The molecule has 1 amide bonds. The highest BCUT2D eigenvalue weighted by Gasteiger charge is 2.24. The van der Waals surface area contributed by atoms with Crippen molar-refractivity contribution in [3.63, 3.8) is 0 Å². The van der Waals surface area contributed by atoms with Gasteiger partial charge in [-0.25, -0.2) is 9.78 Å². The molecule has 0 radical (unpaired) electrons. The molecule has 1 N–H and O–H groups in total. The van der Waals surface area contributed by atoms with Crippen LogP contribution in [0.1, 0.15) is 41.2 Å². The van der Waals surface area contributed by atoms with Gasteiger partial charge in [-0.15, -0.1) is 10.2 Å². The summed E-state index contributed by atoms with van der Waals surface area (Å²) in [5.41, 5.74) is 3.40. The number of nitrogens with one attached hydrogen (secondary N) is 1. The van der Waals surface area contributed by atoms with Gasteiger partial charge in [0.05, 0.1) is 23.1 Å². The van der Waals surface area contributed by atoms with Crippen molar-refractivity contribution in [2.45, 2.75) is 44.5 Å². The van der Waals surface area contributed by atoms with Gasteiger partial charge in [0.2, 0.25) is 5.91 Å². The second-order valence-corrected chi connectivity index (χ2v) is 9.35. The first kappa shape index (κ1) is 22.2. The molecular weight excluding hydrogens is 446 g/mol. The smallest absolute Gasteiger partial charge is 0.350 e. The predicted octanol–water partition coefficient (Wildman–Crippen LogP) is 4.64. The Morgan fingerprint density at radius 1 is 1.22 bits per heavy atom. The van der Waals surface area contributed by atoms with Crippen LogP contribution in [0, 0.1) is 13.8 Å². The van der Waals surface area contributed by atoms with Gasteiger partial charge in [-0.1, -0.05) is 48.2 Å². The summed E-state index contributed by atoms with van der Waals surface area (Å²) in [6.45, 7) is 7.75. The lowest BCUT2D eigenvalue weighted by molar-refractivity contribution is -0.115. The van der Waals surface area contributed by atoms with Crippen molar-refractivity contribution in [1.29, 1.82) is 0 Å². The zero-order chi connectivity index (χ0) is 22.8. The average molecular weight is 470 g/mol. The maximum atomic E-state index is 13.0. The number of carbonyl (C=O) groups excluding carboxylic acids is 2. The summed E-state index contributed by atoms with van der Waals surface area (Å²) in [7, 11) is 0. The van der Waals surface area contributed by atoms with Crippen LogP contribution in [-0.2, 0) is 9.53 Å². The number of aromatic nitrogens is 4. The van der Waals surface area contributed by atoms with Crippen LogP contribution in [0.15, 0.2) is 35.5 Å². The van der Waals surface area contributed by atoms with Gasteiger partial charge in [-0.3, -0.25) is 9.20 Å². The summed E-state index contributed by atoms with van der Waals surface area (Å²) in [5, 5.41) is 13.2. The molecule has 8 nitrogen and oxygen atoms in total. The Morgan fingerprint density at radius 2 is 2.00 bits per heavy atom. The lowest BCUT2D eigenvalue weighted by atomic mass is 10.1. The van der Waals surface area contributed by atoms with Gasteiger partial charge < -0.3 is 10.1 Å². The SMILES string of the molecule is CCOC(=O)c1sc(NC(=O)C(CC)Sc2nnc3cc(C)c4ccccc4n23)nc1C. The van der Waals surface area contributed by atoms with Crippen LogP contribution in [0.4, 0.5) is 5.13 Å². The number of amides is 1. The highest BCUT2D eigenvalue weighted by Crippen LogP contribution is 2.30. The van der Waals surface area contributed by atoms with E-state index in [0.29, 0.717) is 27.3 Å². The molecule has 0 aliphatic heterocycles. The number of rotatable bonds is 7. The molecule has 0 saturated heterocycles. The van der Waals surface area contributed by atoms with Gasteiger partial charge in [0.1, 0.15) is 4.88 Å². The summed E-state index contributed by atoms with van der Waals surface area (Å²) >= 11 is 2.48. The Kier molecular flexibility index (Phi) is 6.43. The zero-order valence-electron chi connectivity index (χ0n) is 18.2. The minimum absolute atomic E-state index is 0.199. The summed E-state index contributed by atoms with van der Waals surface area (Å²) < 4.78 is 7.03. The van der Waals surface area contributed by atoms with E-state index in [1.807, 2.05) is 42.5 Å². The van der Waals surface area contributed by atoms with E-state index in [4.69, 9.17) is 4.74 Å². The number of para-hydroxylation sites is 1. The maximum Gasteiger partial charge on any atom is 0.350 e. The van der Waals surface area contributed by atoms with Gasteiger partial charge in [0.15, 0.2) is 15.9 Å². The number of esters is 1. The Hall–Kier alpha value is -2.98. The first-order valence-corrected chi connectivity index (χ1v) is 12.0. The molecule has 1 unspecified atom stereocenters. The lowest BCUT2D eigenvalue weighted by Crippen LogP contribution is -2.24. The number of hydrogen-bond acceptors (Lipinski definition) is 8. The molecule has 1 aromatic carbocycles. The van der Waals surface area contributed by atoms with E-state index in [2.05, 4.69) is 26.6 Å². The molecular formula is C22H23N5O3S2. The first-order valence-electron chi connectivity index (χ1n) is 10.3. The number of carbonyl (C=O) groups is 2. The van der Waals surface area contributed by atoms with Gasteiger partial charge in [-0.2, -0.15) is 0 Å². The van der Waals surface area contributed by atoms with Crippen molar-refractivity contribution in [3.8, 4) is 0 Å². The van der Waals surface area contributed by atoms with E-state index >= 15 is 0 Å². The van der Waals surface area contributed by atoms with Crippen molar-refractivity contribution in [2.24, 2.45) is 0 Å². The average Bonchev–Trinajstić information content (AvgIpc) is 3.35. The summed E-state index contributed by atoms with van der Waals surface area (Å²) in [5.74, 6) is -0.628. The van der Waals surface area contributed by atoms with Crippen molar-refractivity contribution in [1.82, 2.24) is 19.6 Å². The van der Waals surface area contributed by atoms with E-state index in [1.54, 1.807) is 13.8 Å². The van der Waals surface area contributed by atoms with Crippen LogP contribution >= 0.6 is 23.1 Å². The molecule has 3 heterocycles. The third-order valence-corrected chi connectivity index (χ3v) is 7.33. The maximum absolute atomic E-state index is 13.0. The normalized spacial score (nSPS) is 12.2. The third kappa shape index (κ3) is 4.20. The molecule has 1 atom stereocenters. The van der Waals surface area contributed by atoms with Gasteiger partial charge >= 0.3 is 5.97 Å². The van der Waals surface area contributed by atoms with Crippen LogP contribution in [0.5, 0.6) is 0 Å². The fourth-order valence-electron chi connectivity index (χ4n) is 3.42. The highest BCUT2D eigenvalue weighted by atomic mass is 32.2. The van der Waals surface area contributed by atoms with E-state index < -0.39 is 11.2 Å². The predicted molar refractivity (Wildman–Crippen MR) is 127 cm³/mol. The molecule has 0 spiro atoms. The number of pyridine rings is 1. The molecule has 0 aliphatic rings. The number of benzene rings is 1. The van der Waals surface area contributed by atoms with Crippen LogP contribution in [0.3, 0.4) is 0 Å². The standard InChI is InChI=1S/C22H23N5O3S2/c1-5-16(19(28)24-21-23-13(4)18(32-21)20(29)30-6-2)31-22-26-25-17-11-12(3)14-9-7-8-10-15(14)27(17)22/h7-11,16H,5-6H2,1-4H3,(H,23,24,28). The molecule has 32 heavy (non-hydrogen) atoms. The zero-order valence-corrected chi connectivity index (χ0v) is 19.8. The van der Waals surface area contributed by atoms with Crippen LogP contribution in [0.2, 0.25) is 0 Å². The van der Waals surface area contributed by atoms with Crippen molar-refractivity contribution >= 4 is 56.7 Å². The summed E-state index contributed by atoms with van der Waals surface area (Å²) in [6.07, 6.45) is 0.588. The molecule has 0 fully saturated rings. The number of fused-ring (bicyclic) bond motifs is 3. The number of ether oxygens (including phenoxy) is 1. The minimum Gasteiger partial charge on any atom is -0.462 e. The largest absolute Gasteiger partial charge is 0.462 e. The van der Waals surface area contributed by atoms with Crippen molar-refractivity contribution in [3.05, 3.63) is 46.5 Å². The topological polar surface area (TPSA) is 98.5 Å². The monoisotopic (exact) mass is 469 g/mol. The highest BCUT2D eigenvalue weighted by molar-refractivity contribution is 8.00. The number of thioether (sulfide) groups is 1. The molecule has 0 bridgehead atoms. The van der Waals surface area contributed by atoms with Gasteiger partial charge in [-0.05, 0) is 44.9 Å². The van der Waals surface area contributed by atoms with Crippen molar-refractivity contribution < 1.29 is 14.3 Å². The van der Waals surface area contributed by atoms with Crippen LogP contribution < -0.4 is 5.32 Å². The van der Waals surface area contributed by atoms with E-state index in [0.717, 1.165) is 33.5 Å². The Labute approximate surface area is 193 Å². The van der Waals surface area contributed by atoms with Gasteiger partial charge in [0.25, 0.3) is 0 Å². The molecule has 0 saturated carbocycles. The number of aryl methyl sites for hydroxylation is 2. The fraction of sp³-hybridized carbons (Fsp3) is 0.318. The molecule has 0 aliphatic carbocycles. The van der Waals surface area contributed by atoms with E-state index in [9.17, 15) is 9.59 Å². The summed E-state index contributed by atoms with van der Waals surface area (Å²) in [6, 6.07) is 10.1. The Morgan fingerprint density at radius 3 is 2.75 bits per heavy atom. The molecule has 166 valence electrons. The molecule has 4 aromatic rings. The van der Waals surface area contributed by atoms with E-state index in [-0.39, 0.29) is 12.5 Å². The second kappa shape index (κ2) is 9.25. The first-order chi connectivity index (χ1) is 15.4. The quantitative estimate of drug-likeness (QED) is 0.311. The Balaban J connectivity index is 1.58. The third-order valence-electron chi connectivity index (χ3n) is 4.97. The lowest BCUT2D eigenvalue weighted by Gasteiger charge is -2.13. The summed E-state index contributed by atoms with van der Waals surface area (Å²) in [4.78, 5) is 29.7. The number of thiazole rings is 1. The number of anilines is 1. The minimum atomic E-state index is -0.429. The Bertz CT molecular complexity index is 1310. The second-order valence-electron chi connectivity index (χ2n) is 7.18. The molecule has 3 aromatic heterocycles. The molecule has 10 heteroatoms. The van der Waals surface area contributed by atoms with Gasteiger partial charge in [0, 0.05) is 5.39 Å².